The van der Waals surface area contributed by atoms with Crippen LogP contribution in [0.15, 0.2) is 11.6 Å². The Kier molecular flexibility index (Phi) is 8.35. The van der Waals surface area contributed by atoms with Crippen LogP contribution in [0.2, 0.25) is 0 Å². The average Bonchev–Trinajstić information content (AvgIpc) is 2.17. The Hall–Kier alpha value is -0.590. The van der Waals surface area contributed by atoms with Gasteiger partial charge in [-0.05, 0) is 39.0 Å². The van der Waals surface area contributed by atoms with Gasteiger partial charge in [-0.15, -0.1) is 0 Å². The molecule has 0 aromatic carbocycles. The van der Waals surface area contributed by atoms with Crippen molar-refractivity contribution < 1.29 is 4.79 Å². The van der Waals surface area contributed by atoms with Crippen molar-refractivity contribution in [2.75, 3.05) is 0 Å². The number of rotatable bonds is 8. The van der Waals surface area contributed by atoms with Gasteiger partial charge in [0.25, 0.3) is 0 Å². The van der Waals surface area contributed by atoms with Crippen molar-refractivity contribution in [2.45, 2.75) is 59.8 Å². The maximum atomic E-state index is 10.4. The van der Waals surface area contributed by atoms with Crippen molar-refractivity contribution in [1.29, 1.82) is 0 Å². The van der Waals surface area contributed by atoms with Crippen LogP contribution >= 0.6 is 0 Å². The fraction of sp³-hybridized carbons (Fsp3) is 0.786. The highest BCUT2D eigenvalue weighted by atomic mass is 16.1. The number of aldehydes is 1. The van der Waals surface area contributed by atoms with Crippen LogP contribution in [-0.4, -0.2) is 6.29 Å². The molecule has 0 aromatic heterocycles. The largest absolute Gasteiger partial charge is 0.303 e. The molecule has 0 fully saturated rings. The lowest BCUT2D eigenvalue weighted by molar-refractivity contribution is -0.110. The number of hydrogen-bond donors (Lipinski definition) is 0. The van der Waals surface area contributed by atoms with E-state index in [-0.39, 0.29) is 5.92 Å². The standard InChI is InChI=1S/C14H26O/c1-12(2)7-5-8-13(3)9-6-10-14(4)11-15/h7,11,13-14H,5-6,8-10H2,1-4H3/t13-,14-/m1/s1. The highest BCUT2D eigenvalue weighted by molar-refractivity contribution is 5.52. The van der Waals surface area contributed by atoms with Crippen molar-refractivity contribution in [3.63, 3.8) is 0 Å². The van der Waals surface area contributed by atoms with E-state index in [1.165, 1.54) is 31.3 Å². The molecular weight excluding hydrogens is 184 g/mol. The predicted octanol–water partition coefficient (Wildman–Crippen LogP) is 4.37. The van der Waals surface area contributed by atoms with Crippen LogP contribution in [-0.2, 0) is 4.79 Å². The highest BCUT2D eigenvalue weighted by Crippen LogP contribution is 2.16. The smallest absolute Gasteiger partial charge is 0.122 e. The second-order valence-corrected chi connectivity index (χ2v) is 5.01. The molecule has 2 atom stereocenters. The first kappa shape index (κ1) is 14.4. The summed E-state index contributed by atoms with van der Waals surface area (Å²) in [5, 5.41) is 0. The first-order valence-electron chi connectivity index (χ1n) is 6.15. The van der Waals surface area contributed by atoms with E-state index in [0.717, 1.165) is 18.6 Å². The van der Waals surface area contributed by atoms with Gasteiger partial charge in [0.2, 0.25) is 0 Å². The summed E-state index contributed by atoms with van der Waals surface area (Å²) in [5.41, 5.74) is 1.41. The zero-order valence-electron chi connectivity index (χ0n) is 10.8. The lowest BCUT2D eigenvalue weighted by atomic mass is 9.95. The molecule has 1 heteroatoms. The summed E-state index contributed by atoms with van der Waals surface area (Å²) in [6.45, 7) is 8.61. The minimum Gasteiger partial charge on any atom is -0.303 e. The Morgan fingerprint density at radius 2 is 1.80 bits per heavy atom. The Balaban J connectivity index is 3.45. The maximum absolute atomic E-state index is 10.4. The molecule has 0 aliphatic carbocycles. The Labute approximate surface area is 95.0 Å². The van der Waals surface area contributed by atoms with Crippen LogP contribution in [0.3, 0.4) is 0 Å². The third kappa shape index (κ3) is 9.71. The molecule has 0 aliphatic heterocycles. The monoisotopic (exact) mass is 210 g/mol. The molecule has 0 radical (unpaired) electrons. The molecule has 1 nitrogen and oxygen atoms in total. The van der Waals surface area contributed by atoms with E-state index in [1.54, 1.807) is 0 Å². The summed E-state index contributed by atoms with van der Waals surface area (Å²) in [6.07, 6.45) is 9.35. The van der Waals surface area contributed by atoms with Gasteiger partial charge in [0.05, 0.1) is 0 Å². The molecular formula is C14H26O. The maximum Gasteiger partial charge on any atom is 0.122 e. The Morgan fingerprint density at radius 1 is 1.13 bits per heavy atom. The summed E-state index contributed by atoms with van der Waals surface area (Å²) in [7, 11) is 0. The van der Waals surface area contributed by atoms with E-state index in [2.05, 4.69) is 26.8 Å². The molecule has 0 N–H and O–H groups in total. The first-order valence-corrected chi connectivity index (χ1v) is 6.15. The van der Waals surface area contributed by atoms with Gasteiger partial charge in [0.15, 0.2) is 0 Å². The molecule has 15 heavy (non-hydrogen) atoms. The number of carbonyl (C=O) groups is 1. The van der Waals surface area contributed by atoms with E-state index in [0.29, 0.717) is 0 Å². The fourth-order valence-electron chi connectivity index (χ4n) is 1.66. The van der Waals surface area contributed by atoms with E-state index >= 15 is 0 Å². The van der Waals surface area contributed by atoms with Gasteiger partial charge < -0.3 is 4.79 Å². The summed E-state index contributed by atoms with van der Waals surface area (Å²) in [4.78, 5) is 10.4. The van der Waals surface area contributed by atoms with Crippen molar-refractivity contribution in [1.82, 2.24) is 0 Å². The molecule has 0 saturated carbocycles. The van der Waals surface area contributed by atoms with Crippen LogP contribution in [0.4, 0.5) is 0 Å². The minimum atomic E-state index is 0.245. The van der Waals surface area contributed by atoms with Gasteiger partial charge in [0.1, 0.15) is 6.29 Å². The second-order valence-electron chi connectivity index (χ2n) is 5.01. The average molecular weight is 210 g/mol. The topological polar surface area (TPSA) is 17.1 Å². The van der Waals surface area contributed by atoms with Gasteiger partial charge in [-0.1, -0.05) is 38.3 Å². The van der Waals surface area contributed by atoms with Gasteiger partial charge in [-0.25, -0.2) is 0 Å². The zero-order chi connectivity index (χ0) is 11.7. The van der Waals surface area contributed by atoms with Crippen molar-refractivity contribution >= 4 is 6.29 Å². The van der Waals surface area contributed by atoms with E-state index in [1.807, 2.05) is 6.92 Å². The molecule has 0 saturated heterocycles. The molecule has 0 rings (SSSR count). The molecule has 0 heterocycles. The molecule has 0 aliphatic rings. The third-order valence-corrected chi connectivity index (χ3v) is 2.80. The molecule has 0 spiro atoms. The highest BCUT2D eigenvalue weighted by Gasteiger charge is 2.03. The molecule has 0 aromatic rings. The van der Waals surface area contributed by atoms with Gasteiger partial charge in [0, 0.05) is 5.92 Å². The van der Waals surface area contributed by atoms with Gasteiger partial charge >= 0.3 is 0 Å². The molecule has 0 unspecified atom stereocenters. The van der Waals surface area contributed by atoms with Gasteiger partial charge in [-0.2, -0.15) is 0 Å². The summed E-state index contributed by atoms with van der Waals surface area (Å²) in [5.74, 6) is 1.04. The molecule has 0 bridgehead atoms. The SMILES string of the molecule is CC(C)=CCC[C@@H](C)CCC[C@@H](C)C=O. The second kappa shape index (κ2) is 8.70. The van der Waals surface area contributed by atoms with Crippen LogP contribution in [0.25, 0.3) is 0 Å². The van der Waals surface area contributed by atoms with E-state index < -0.39 is 0 Å². The number of carbonyl (C=O) groups excluding carboxylic acids is 1. The van der Waals surface area contributed by atoms with Crippen LogP contribution in [0.5, 0.6) is 0 Å². The Morgan fingerprint density at radius 3 is 2.33 bits per heavy atom. The minimum absolute atomic E-state index is 0.245. The Bertz CT molecular complexity index is 190. The normalized spacial score (nSPS) is 14.4. The summed E-state index contributed by atoms with van der Waals surface area (Å²) in [6, 6.07) is 0. The molecule has 0 amide bonds. The van der Waals surface area contributed by atoms with Crippen LogP contribution in [0, 0.1) is 11.8 Å². The fourth-order valence-corrected chi connectivity index (χ4v) is 1.66. The lowest BCUT2D eigenvalue weighted by Gasteiger charge is -2.10. The quantitative estimate of drug-likeness (QED) is 0.429. The van der Waals surface area contributed by atoms with Crippen molar-refractivity contribution in [3.05, 3.63) is 11.6 Å². The summed E-state index contributed by atoms with van der Waals surface area (Å²) < 4.78 is 0. The third-order valence-electron chi connectivity index (χ3n) is 2.80. The first-order chi connectivity index (χ1) is 7.06. The summed E-state index contributed by atoms with van der Waals surface area (Å²) >= 11 is 0. The van der Waals surface area contributed by atoms with Crippen molar-refractivity contribution in [3.8, 4) is 0 Å². The van der Waals surface area contributed by atoms with Gasteiger partial charge in [-0.3, -0.25) is 0 Å². The predicted molar refractivity (Wildman–Crippen MR) is 66.9 cm³/mol. The zero-order valence-corrected chi connectivity index (χ0v) is 10.8. The lowest BCUT2D eigenvalue weighted by Crippen LogP contribution is -1.99. The van der Waals surface area contributed by atoms with Crippen LogP contribution < -0.4 is 0 Å². The number of allylic oxidation sites excluding steroid dienone is 2. The number of hydrogen-bond acceptors (Lipinski definition) is 1. The van der Waals surface area contributed by atoms with Crippen LogP contribution in [0.1, 0.15) is 59.8 Å². The van der Waals surface area contributed by atoms with E-state index in [9.17, 15) is 4.79 Å². The van der Waals surface area contributed by atoms with Crippen molar-refractivity contribution in [2.24, 2.45) is 11.8 Å². The molecule has 88 valence electrons. The van der Waals surface area contributed by atoms with E-state index in [4.69, 9.17) is 0 Å².